The molecule has 1 aromatic heterocycles. The van der Waals surface area contributed by atoms with Gasteiger partial charge in [-0.05, 0) is 6.42 Å². The average molecular weight is 215 g/mol. The summed E-state index contributed by atoms with van der Waals surface area (Å²) in [7, 11) is 1.87. The maximum atomic E-state index is 6.14. The Hall–Kier alpha value is -0.770. The van der Waals surface area contributed by atoms with Crippen LogP contribution in [-0.4, -0.2) is 26.4 Å². The second-order valence-corrected chi connectivity index (χ2v) is 4.99. The van der Waals surface area contributed by atoms with Gasteiger partial charge < -0.3 is 5.32 Å². The van der Waals surface area contributed by atoms with Gasteiger partial charge in [0, 0.05) is 23.9 Å². The fourth-order valence-corrected chi connectivity index (χ4v) is 2.05. The molecule has 0 aromatic carbocycles. The van der Waals surface area contributed by atoms with Crippen molar-refractivity contribution in [2.75, 3.05) is 5.32 Å². The zero-order chi connectivity index (χ0) is 10.3. The van der Waals surface area contributed by atoms with Crippen molar-refractivity contribution in [3.63, 3.8) is 0 Å². The fourth-order valence-electron chi connectivity index (χ4n) is 1.72. The van der Waals surface area contributed by atoms with E-state index in [2.05, 4.69) is 29.5 Å². The number of anilines is 1. The third-order valence-corrected chi connectivity index (χ3v) is 3.93. The first-order valence-electron chi connectivity index (χ1n) is 4.77. The third kappa shape index (κ3) is 1.38. The van der Waals surface area contributed by atoms with Crippen molar-refractivity contribution < 1.29 is 0 Å². The van der Waals surface area contributed by atoms with E-state index in [1.807, 2.05) is 7.05 Å². The highest BCUT2D eigenvalue weighted by atomic mass is 35.5. The molecule has 4 nitrogen and oxygen atoms in total. The number of alkyl halides is 1. The zero-order valence-corrected chi connectivity index (χ0v) is 9.41. The molecule has 0 saturated heterocycles. The minimum absolute atomic E-state index is 0.145. The highest BCUT2D eigenvalue weighted by Crippen LogP contribution is 2.45. The van der Waals surface area contributed by atoms with Gasteiger partial charge in [-0.1, -0.05) is 19.1 Å². The topological polar surface area (TPSA) is 42.7 Å². The standard InChI is InChI=1S/C9H15ClN4/c1-9(2)6(10)4-7(9)12-8-5-11-13-14(8)3/h5-7,12H,4H2,1-3H3. The summed E-state index contributed by atoms with van der Waals surface area (Å²) in [5.41, 5.74) is 0.145. The maximum absolute atomic E-state index is 6.14. The first-order valence-corrected chi connectivity index (χ1v) is 5.20. The van der Waals surface area contributed by atoms with Gasteiger partial charge in [-0.2, -0.15) is 0 Å². The lowest BCUT2D eigenvalue weighted by molar-refractivity contribution is 0.167. The minimum Gasteiger partial charge on any atom is -0.366 e. The number of nitrogens with zero attached hydrogens (tertiary/aromatic N) is 3. The van der Waals surface area contributed by atoms with Crippen LogP contribution in [0.4, 0.5) is 5.82 Å². The molecule has 0 aliphatic heterocycles. The Morgan fingerprint density at radius 1 is 1.64 bits per heavy atom. The molecule has 1 heterocycles. The molecule has 1 fully saturated rings. The van der Waals surface area contributed by atoms with Crippen LogP contribution in [0, 0.1) is 5.41 Å². The van der Waals surface area contributed by atoms with Crippen LogP contribution in [-0.2, 0) is 7.05 Å². The summed E-state index contributed by atoms with van der Waals surface area (Å²) >= 11 is 6.14. The number of aryl methyl sites for hydroxylation is 1. The van der Waals surface area contributed by atoms with Crippen molar-refractivity contribution in [3.8, 4) is 0 Å². The fraction of sp³-hybridized carbons (Fsp3) is 0.778. The van der Waals surface area contributed by atoms with E-state index < -0.39 is 0 Å². The van der Waals surface area contributed by atoms with Gasteiger partial charge >= 0.3 is 0 Å². The van der Waals surface area contributed by atoms with Gasteiger partial charge in [0.05, 0.1) is 6.20 Å². The van der Waals surface area contributed by atoms with Crippen molar-refractivity contribution in [2.24, 2.45) is 12.5 Å². The van der Waals surface area contributed by atoms with E-state index in [0.29, 0.717) is 6.04 Å². The molecule has 1 aromatic rings. The van der Waals surface area contributed by atoms with Crippen LogP contribution in [0.1, 0.15) is 20.3 Å². The number of hydrogen-bond acceptors (Lipinski definition) is 3. The van der Waals surface area contributed by atoms with E-state index >= 15 is 0 Å². The van der Waals surface area contributed by atoms with Crippen molar-refractivity contribution in [3.05, 3.63) is 6.20 Å². The molecule has 2 atom stereocenters. The highest BCUT2D eigenvalue weighted by Gasteiger charge is 2.47. The molecule has 0 bridgehead atoms. The summed E-state index contributed by atoms with van der Waals surface area (Å²) in [6.45, 7) is 4.35. The molecular weight excluding hydrogens is 200 g/mol. The van der Waals surface area contributed by atoms with Crippen molar-refractivity contribution in [1.29, 1.82) is 0 Å². The summed E-state index contributed by atoms with van der Waals surface area (Å²) in [6.07, 6.45) is 2.73. The van der Waals surface area contributed by atoms with E-state index in [9.17, 15) is 0 Å². The van der Waals surface area contributed by atoms with Gasteiger partial charge in [-0.25, -0.2) is 4.68 Å². The smallest absolute Gasteiger partial charge is 0.144 e. The van der Waals surface area contributed by atoms with Crippen LogP contribution in [0.5, 0.6) is 0 Å². The normalized spacial score (nSPS) is 29.7. The molecule has 5 heteroatoms. The molecule has 1 aliphatic rings. The number of rotatable bonds is 2. The van der Waals surface area contributed by atoms with Gasteiger partial charge in [0.1, 0.15) is 5.82 Å². The Morgan fingerprint density at radius 2 is 2.36 bits per heavy atom. The molecule has 2 rings (SSSR count). The van der Waals surface area contributed by atoms with Gasteiger partial charge in [-0.15, -0.1) is 16.7 Å². The van der Waals surface area contributed by atoms with Gasteiger partial charge in [0.25, 0.3) is 0 Å². The predicted molar refractivity (Wildman–Crippen MR) is 56.5 cm³/mol. The summed E-state index contributed by atoms with van der Waals surface area (Å²) in [5, 5.41) is 11.3. The summed E-state index contributed by atoms with van der Waals surface area (Å²) < 4.78 is 1.73. The lowest BCUT2D eigenvalue weighted by Crippen LogP contribution is -2.54. The second-order valence-electron chi connectivity index (χ2n) is 4.46. The second kappa shape index (κ2) is 3.12. The summed E-state index contributed by atoms with van der Waals surface area (Å²) in [4.78, 5) is 0. The monoisotopic (exact) mass is 214 g/mol. The largest absolute Gasteiger partial charge is 0.366 e. The van der Waals surface area contributed by atoms with Crippen LogP contribution in [0.3, 0.4) is 0 Å². The van der Waals surface area contributed by atoms with Crippen LogP contribution < -0.4 is 5.32 Å². The van der Waals surface area contributed by atoms with Crippen LogP contribution in [0.25, 0.3) is 0 Å². The van der Waals surface area contributed by atoms with E-state index in [-0.39, 0.29) is 10.8 Å². The molecule has 2 unspecified atom stereocenters. The molecule has 1 aliphatic carbocycles. The molecule has 0 amide bonds. The maximum Gasteiger partial charge on any atom is 0.144 e. The summed E-state index contributed by atoms with van der Waals surface area (Å²) in [5.74, 6) is 0.951. The van der Waals surface area contributed by atoms with Gasteiger partial charge in [0.15, 0.2) is 0 Å². The van der Waals surface area contributed by atoms with Crippen LogP contribution in [0.2, 0.25) is 0 Å². The van der Waals surface area contributed by atoms with Gasteiger partial charge in [-0.3, -0.25) is 0 Å². The third-order valence-electron chi connectivity index (χ3n) is 3.18. The molecule has 0 radical (unpaired) electrons. The van der Waals surface area contributed by atoms with E-state index in [1.54, 1.807) is 10.9 Å². The molecule has 78 valence electrons. The number of hydrogen-bond donors (Lipinski definition) is 1. The van der Waals surface area contributed by atoms with E-state index in [1.165, 1.54) is 0 Å². The van der Waals surface area contributed by atoms with Gasteiger partial charge in [0.2, 0.25) is 0 Å². The zero-order valence-electron chi connectivity index (χ0n) is 8.66. The number of halogens is 1. The Labute approximate surface area is 88.6 Å². The highest BCUT2D eigenvalue weighted by molar-refractivity contribution is 6.21. The Bertz CT molecular complexity index is 333. The van der Waals surface area contributed by atoms with Crippen LogP contribution in [0.15, 0.2) is 6.20 Å². The van der Waals surface area contributed by atoms with E-state index in [4.69, 9.17) is 11.6 Å². The molecule has 0 spiro atoms. The predicted octanol–water partition coefficient (Wildman–Crippen LogP) is 1.63. The number of aromatic nitrogens is 3. The molecule has 1 saturated carbocycles. The quantitative estimate of drug-likeness (QED) is 0.762. The number of nitrogens with one attached hydrogen (secondary N) is 1. The Balaban J connectivity index is 2.04. The van der Waals surface area contributed by atoms with Crippen molar-refractivity contribution in [1.82, 2.24) is 15.0 Å². The Morgan fingerprint density at radius 3 is 2.79 bits per heavy atom. The lowest BCUT2D eigenvalue weighted by Gasteiger charge is -2.49. The average Bonchev–Trinajstić information content (AvgIpc) is 2.51. The molecule has 1 N–H and O–H groups in total. The van der Waals surface area contributed by atoms with Crippen molar-refractivity contribution >= 4 is 17.4 Å². The minimum atomic E-state index is 0.145. The SMILES string of the molecule is Cn1nncc1NC1CC(Cl)C1(C)C. The molecule has 14 heavy (non-hydrogen) atoms. The lowest BCUT2D eigenvalue weighted by atomic mass is 9.67. The van der Waals surface area contributed by atoms with E-state index in [0.717, 1.165) is 12.2 Å². The first kappa shape index (κ1) is 9.77. The summed E-state index contributed by atoms with van der Waals surface area (Å²) in [6, 6.07) is 0.419. The first-order chi connectivity index (χ1) is 6.51. The molecular formula is C9H15ClN4. The Kier molecular flexibility index (Phi) is 2.18. The van der Waals surface area contributed by atoms with Crippen molar-refractivity contribution in [2.45, 2.75) is 31.7 Å². The van der Waals surface area contributed by atoms with Crippen LogP contribution >= 0.6 is 11.6 Å².